The van der Waals surface area contributed by atoms with Crippen LogP contribution in [0.15, 0.2) is 0 Å². The Labute approximate surface area is 72.4 Å². The van der Waals surface area contributed by atoms with Crippen molar-refractivity contribution in [3.63, 3.8) is 0 Å². The summed E-state index contributed by atoms with van der Waals surface area (Å²) in [7, 11) is 0. The average Bonchev–Trinajstić information content (AvgIpc) is 2.67. The van der Waals surface area contributed by atoms with Gasteiger partial charge < -0.3 is 0 Å². The van der Waals surface area contributed by atoms with Crippen molar-refractivity contribution in [1.29, 1.82) is 5.41 Å². The summed E-state index contributed by atoms with van der Waals surface area (Å²) in [5.41, 5.74) is 0. The molecule has 0 heterocycles. The zero-order chi connectivity index (χ0) is 7.40. The molecular formula is C7H7NNiS. The molecule has 0 aromatic heterocycles. The second kappa shape index (κ2) is 3.96. The Morgan fingerprint density at radius 1 is 1.70 bits per heavy atom. The molecule has 1 N–H and O–H groups in total. The van der Waals surface area contributed by atoms with Gasteiger partial charge in [0, 0.05) is 0 Å². The Kier molecular flexibility index (Phi) is 3.18. The van der Waals surface area contributed by atoms with Gasteiger partial charge in [0.15, 0.2) is 0 Å². The molecule has 0 aliphatic heterocycles. The van der Waals surface area contributed by atoms with Crippen LogP contribution >= 0.6 is 11.8 Å². The summed E-state index contributed by atoms with van der Waals surface area (Å²) in [5.74, 6) is 6.31. The number of hydrogen-bond donors (Lipinski definition) is 1. The van der Waals surface area contributed by atoms with Gasteiger partial charge in [-0.3, -0.25) is 0 Å². The van der Waals surface area contributed by atoms with Crippen molar-refractivity contribution < 1.29 is 15.0 Å². The van der Waals surface area contributed by atoms with Crippen LogP contribution in [0.25, 0.3) is 0 Å². The fourth-order valence-electron chi connectivity index (χ4n) is 0.462. The Morgan fingerprint density at radius 3 is 2.90 bits per heavy atom. The van der Waals surface area contributed by atoms with Gasteiger partial charge in [-0.2, -0.15) is 0 Å². The molecule has 0 aromatic carbocycles. The number of hydrogen-bond acceptors (Lipinski definition) is 2. The second-order valence-electron chi connectivity index (χ2n) is 2.07. The van der Waals surface area contributed by atoms with E-state index >= 15 is 0 Å². The summed E-state index contributed by atoms with van der Waals surface area (Å²) in [6, 6.07) is 0. The second-order valence-corrected chi connectivity index (χ2v) is 3.56. The van der Waals surface area contributed by atoms with E-state index in [1.54, 1.807) is 0 Å². The Hall–Kier alpha value is -0.0565. The van der Waals surface area contributed by atoms with E-state index < -0.39 is 0 Å². The van der Waals surface area contributed by atoms with Gasteiger partial charge in [-0.05, 0) is 0 Å². The Bertz CT molecular complexity index is 209. The van der Waals surface area contributed by atoms with Crippen molar-refractivity contribution >= 4 is 21.1 Å². The predicted octanol–water partition coefficient (Wildman–Crippen LogP) is 1.42. The summed E-state index contributed by atoms with van der Waals surface area (Å²) >= 11 is 5.51. The minimum atomic E-state index is 0.373. The van der Waals surface area contributed by atoms with E-state index in [1.807, 2.05) is 0 Å². The van der Waals surface area contributed by atoms with Crippen LogP contribution in [0.1, 0.15) is 12.8 Å². The average molecular weight is 196 g/mol. The zero-order valence-electron chi connectivity index (χ0n) is 5.29. The number of thioether (sulfide) groups is 1. The van der Waals surface area contributed by atoms with Crippen LogP contribution < -0.4 is 0 Å². The van der Waals surface area contributed by atoms with Gasteiger partial charge >= 0.3 is 72.2 Å². The standard InChI is InChI=1S/C7H7NS.Ni/c1-9-7(8)5-4-6-2-3-6;/h1,6,8H,2-3H2;. The third-order valence-corrected chi connectivity index (χ3v) is 1.88. The first-order chi connectivity index (χ1) is 4.83. The number of nitrogens with one attached hydrogen (secondary N) is 1. The maximum absolute atomic E-state index is 7.21. The van der Waals surface area contributed by atoms with Gasteiger partial charge in [0.1, 0.15) is 0 Å². The van der Waals surface area contributed by atoms with Crippen molar-refractivity contribution in [3.8, 4) is 11.8 Å². The Morgan fingerprint density at radius 2 is 2.40 bits per heavy atom. The van der Waals surface area contributed by atoms with E-state index in [-0.39, 0.29) is 0 Å². The van der Waals surface area contributed by atoms with Crippen molar-refractivity contribution in [2.24, 2.45) is 5.92 Å². The predicted molar refractivity (Wildman–Crippen MR) is 41.9 cm³/mol. The molecule has 0 amide bonds. The quantitative estimate of drug-likeness (QED) is 0.291. The van der Waals surface area contributed by atoms with Gasteiger partial charge in [-0.15, -0.1) is 0 Å². The van der Waals surface area contributed by atoms with Gasteiger partial charge in [0.2, 0.25) is 0 Å². The molecule has 1 rings (SSSR count). The van der Waals surface area contributed by atoms with Gasteiger partial charge in [-0.25, -0.2) is 0 Å². The third kappa shape index (κ3) is 3.20. The van der Waals surface area contributed by atoms with Gasteiger partial charge in [-0.1, -0.05) is 0 Å². The topological polar surface area (TPSA) is 23.9 Å². The van der Waals surface area contributed by atoms with E-state index in [1.165, 1.54) is 28.9 Å². The van der Waals surface area contributed by atoms with Crippen molar-refractivity contribution in [2.75, 3.05) is 0 Å². The van der Waals surface area contributed by atoms with Crippen LogP contribution in [-0.2, 0) is 15.0 Å². The fourth-order valence-corrected chi connectivity index (χ4v) is 1.00. The normalized spacial score (nSPS) is 15.4. The molecule has 0 unspecified atom stereocenters. The first kappa shape index (κ1) is 8.04. The fraction of sp³-hybridized carbons (Fsp3) is 0.429. The van der Waals surface area contributed by atoms with Gasteiger partial charge in [0.25, 0.3) is 0 Å². The summed E-state index contributed by atoms with van der Waals surface area (Å²) < 4.78 is 1.50. The summed E-state index contributed by atoms with van der Waals surface area (Å²) in [4.78, 5) is 0. The van der Waals surface area contributed by atoms with E-state index in [9.17, 15) is 0 Å². The molecule has 1 saturated carbocycles. The molecule has 0 saturated heterocycles. The molecule has 1 aliphatic rings. The van der Waals surface area contributed by atoms with Crippen LogP contribution in [0.5, 0.6) is 0 Å². The molecule has 0 aromatic rings. The Balaban J connectivity index is 2.29. The van der Waals surface area contributed by atoms with E-state index in [2.05, 4.69) is 26.9 Å². The van der Waals surface area contributed by atoms with Crippen molar-refractivity contribution in [2.45, 2.75) is 12.8 Å². The molecular weight excluding hydrogens is 189 g/mol. The molecule has 1 nitrogen and oxygen atoms in total. The van der Waals surface area contributed by atoms with Crippen LogP contribution in [0.2, 0.25) is 0 Å². The summed E-state index contributed by atoms with van der Waals surface area (Å²) in [5, 5.41) is 7.58. The first-order valence-corrected chi connectivity index (χ1v) is 4.43. The van der Waals surface area contributed by atoms with Crippen LogP contribution in [-0.4, -0.2) is 9.37 Å². The molecule has 1 aliphatic carbocycles. The maximum atomic E-state index is 7.21. The van der Waals surface area contributed by atoms with Crippen molar-refractivity contribution in [3.05, 3.63) is 0 Å². The van der Waals surface area contributed by atoms with E-state index in [0.29, 0.717) is 11.0 Å². The van der Waals surface area contributed by atoms with Gasteiger partial charge in [0.05, 0.1) is 0 Å². The SMILES string of the molecule is N=C(C#CC1CC1)S[CH]=[Ni]. The monoisotopic (exact) mass is 195 g/mol. The summed E-state index contributed by atoms with van der Waals surface area (Å²) in [6.45, 7) is 0. The first-order valence-electron chi connectivity index (χ1n) is 2.98. The third-order valence-electron chi connectivity index (χ3n) is 1.12. The molecule has 0 radical (unpaired) electrons. The van der Waals surface area contributed by atoms with Crippen LogP contribution in [0.4, 0.5) is 0 Å². The zero-order valence-corrected chi connectivity index (χ0v) is 7.10. The minimum absolute atomic E-state index is 0.373. The van der Waals surface area contributed by atoms with E-state index in [0.717, 1.165) is 0 Å². The van der Waals surface area contributed by atoms with E-state index in [4.69, 9.17) is 5.41 Å². The molecule has 0 spiro atoms. The molecule has 0 atom stereocenters. The van der Waals surface area contributed by atoms with Crippen LogP contribution in [0.3, 0.4) is 0 Å². The molecule has 56 valence electrons. The molecule has 3 heteroatoms. The molecule has 10 heavy (non-hydrogen) atoms. The molecule has 0 bridgehead atoms. The van der Waals surface area contributed by atoms with Crippen LogP contribution in [0, 0.1) is 23.2 Å². The molecule has 1 fully saturated rings. The van der Waals surface area contributed by atoms with Crippen molar-refractivity contribution in [1.82, 2.24) is 0 Å². The number of rotatable bonds is 1. The summed E-state index contributed by atoms with van der Waals surface area (Å²) in [6.07, 6.45) is 2.43.